The van der Waals surface area contributed by atoms with Gasteiger partial charge in [-0.25, -0.2) is 4.68 Å². The number of alkyl halides is 3. The van der Waals surface area contributed by atoms with Gasteiger partial charge in [0, 0.05) is 38.3 Å². The number of hydrogen-bond acceptors (Lipinski definition) is 5. The number of rotatable bonds is 4. The van der Waals surface area contributed by atoms with Crippen molar-refractivity contribution in [3.8, 4) is 11.4 Å². The van der Waals surface area contributed by atoms with E-state index < -0.39 is 6.36 Å². The number of aryl methyl sites for hydroxylation is 1. The lowest BCUT2D eigenvalue weighted by molar-refractivity contribution is -0.274. The molecule has 2 aliphatic rings. The predicted molar refractivity (Wildman–Crippen MR) is 115 cm³/mol. The molecule has 2 atom stereocenters. The van der Waals surface area contributed by atoms with Crippen LogP contribution in [-0.2, 0) is 0 Å². The van der Waals surface area contributed by atoms with Crippen LogP contribution >= 0.6 is 0 Å². The van der Waals surface area contributed by atoms with Gasteiger partial charge in [-0.1, -0.05) is 13.0 Å². The number of piperidine rings is 1. The van der Waals surface area contributed by atoms with Gasteiger partial charge in [-0.15, -0.1) is 13.2 Å². The zero-order valence-electron chi connectivity index (χ0n) is 19.0. The third-order valence-corrected chi connectivity index (χ3v) is 6.67. The minimum atomic E-state index is -4.79. The Balaban J connectivity index is 1.47. The van der Waals surface area contributed by atoms with Crippen molar-refractivity contribution < 1.29 is 27.8 Å². The zero-order chi connectivity index (χ0) is 23.9. The Hall–Kier alpha value is -2.59. The Kier molecular flexibility index (Phi) is 6.41. The van der Waals surface area contributed by atoms with Gasteiger partial charge >= 0.3 is 6.36 Å². The van der Waals surface area contributed by atoms with E-state index in [4.69, 9.17) is 0 Å². The van der Waals surface area contributed by atoms with E-state index in [2.05, 4.69) is 21.7 Å². The molecule has 2 aromatic rings. The molecule has 7 nitrogen and oxygen atoms in total. The first-order valence-corrected chi connectivity index (χ1v) is 11.2. The summed E-state index contributed by atoms with van der Waals surface area (Å²) >= 11 is 0. The highest BCUT2D eigenvalue weighted by Crippen LogP contribution is 2.28. The first-order valence-electron chi connectivity index (χ1n) is 11.2. The topological polar surface area (TPSA) is 70.8 Å². The van der Waals surface area contributed by atoms with E-state index in [-0.39, 0.29) is 23.7 Å². The van der Waals surface area contributed by atoms with Gasteiger partial charge in [-0.3, -0.25) is 9.69 Å². The highest BCUT2D eigenvalue weighted by Gasteiger charge is 2.36. The zero-order valence-corrected chi connectivity index (χ0v) is 19.0. The molecule has 0 unspecified atom stereocenters. The number of aliphatic hydroxyl groups is 1. The summed E-state index contributed by atoms with van der Waals surface area (Å²) in [6.45, 7) is 8.31. The highest BCUT2D eigenvalue weighted by molar-refractivity contribution is 5.96. The van der Waals surface area contributed by atoms with Crippen molar-refractivity contribution in [1.82, 2.24) is 19.6 Å². The van der Waals surface area contributed by atoms with Crippen molar-refractivity contribution in [3.63, 3.8) is 0 Å². The van der Waals surface area contributed by atoms with Gasteiger partial charge in [0.1, 0.15) is 5.75 Å². The first-order chi connectivity index (χ1) is 15.5. The third kappa shape index (κ3) is 5.01. The van der Waals surface area contributed by atoms with Crippen LogP contribution in [0.25, 0.3) is 5.69 Å². The van der Waals surface area contributed by atoms with Gasteiger partial charge in [0.25, 0.3) is 5.91 Å². The molecule has 0 saturated carbocycles. The molecule has 180 valence electrons. The lowest BCUT2D eigenvalue weighted by Crippen LogP contribution is -2.46. The number of likely N-dealkylation sites (tertiary alicyclic amines) is 2. The normalized spacial score (nSPS) is 22.7. The molecule has 1 aromatic carbocycles. The molecular weight excluding hydrogens is 437 g/mol. The number of carbonyl (C=O) groups excluding carboxylic acids is 1. The molecule has 0 spiro atoms. The monoisotopic (exact) mass is 466 g/mol. The number of carbonyl (C=O) groups is 1. The van der Waals surface area contributed by atoms with Crippen molar-refractivity contribution in [1.29, 1.82) is 0 Å². The number of aliphatic hydroxyl groups excluding tert-OH is 1. The van der Waals surface area contributed by atoms with Gasteiger partial charge in [0.15, 0.2) is 0 Å². The highest BCUT2D eigenvalue weighted by atomic mass is 19.4. The maximum absolute atomic E-state index is 13.3. The second-order valence-corrected chi connectivity index (χ2v) is 9.02. The van der Waals surface area contributed by atoms with E-state index in [0.29, 0.717) is 48.3 Å². The fraction of sp³-hybridized carbons (Fsp3) is 0.565. The van der Waals surface area contributed by atoms with E-state index in [1.54, 1.807) is 19.9 Å². The lowest BCUT2D eigenvalue weighted by Gasteiger charge is -2.36. The second kappa shape index (κ2) is 8.98. The van der Waals surface area contributed by atoms with Crippen molar-refractivity contribution >= 4 is 5.91 Å². The van der Waals surface area contributed by atoms with Crippen molar-refractivity contribution in [2.75, 3.05) is 26.2 Å². The van der Waals surface area contributed by atoms with Gasteiger partial charge in [0.05, 0.1) is 28.7 Å². The number of hydrogen-bond donors (Lipinski definition) is 1. The Morgan fingerprint density at radius 1 is 1.18 bits per heavy atom. The fourth-order valence-electron chi connectivity index (χ4n) is 4.89. The van der Waals surface area contributed by atoms with E-state index >= 15 is 0 Å². The molecule has 2 saturated heterocycles. The van der Waals surface area contributed by atoms with Crippen LogP contribution in [0.15, 0.2) is 24.3 Å². The Morgan fingerprint density at radius 3 is 2.48 bits per heavy atom. The molecule has 10 heteroatoms. The summed E-state index contributed by atoms with van der Waals surface area (Å²) in [4.78, 5) is 17.5. The summed E-state index contributed by atoms with van der Waals surface area (Å²) in [5.74, 6) is -0.197. The predicted octanol–water partition coefficient (Wildman–Crippen LogP) is 3.30. The summed E-state index contributed by atoms with van der Waals surface area (Å²) < 4.78 is 43.3. The number of benzene rings is 1. The maximum atomic E-state index is 13.3. The second-order valence-electron chi connectivity index (χ2n) is 9.02. The molecule has 1 aromatic heterocycles. The summed E-state index contributed by atoms with van der Waals surface area (Å²) in [5, 5.41) is 14.5. The van der Waals surface area contributed by atoms with Gasteiger partial charge in [-0.2, -0.15) is 5.10 Å². The fourth-order valence-corrected chi connectivity index (χ4v) is 4.89. The van der Waals surface area contributed by atoms with Crippen LogP contribution in [0.5, 0.6) is 5.75 Å². The first kappa shape index (κ1) is 23.6. The van der Waals surface area contributed by atoms with Crippen LogP contribution in [0.1, 0.15) is 41.5 Å². The molecule has 2 aliphatic heterocycles. The number of aromatic nitrogens is 2. The summed E-state index contributed by atoms with van der Waals surface area (Å²) in [6, 6.07) is 5.90. The van der Waals surface area contributed by atoms with Gasteiger partial charge in [-0.05, 0) is 44.7 Å². The van der Waals surface area contributed by atoms with Gasteiger partial charge < -0.3 is 14.7 Å². The minimum Gasteiger partial charge on any atom is -0.406 e. The van der Waals surface area contributed by atoms with Crippen LogP contribution in [-0.4, -0.2) is 75.3 Å². The molecule has 2 fully saturated rings. The molecule has 0 radical (unpaired) electrons. The van der Waals surface area contributed by atoms with E-state index in [1.165, 1.54) is 22.9 Å². The van der Waals surface area contributed by atoms with Crippen LogP contribution in [0.4, 0.5) is 13.2 Å². The van der Waals surface area contributed by atoms with Gasteiger partial charge in [0.2, 0.25) is 0 Å². The molecular formula is C23H29F3N4O3. The smallest absolute Gasteiger partial charge is 0.406 e. The molecule has 3 heterocycles. The number of amides is 1. The van der Waals surface area contributed by atoms with E-state index in [1.807, 2.05) is 4.90 Å². The number of halogens is 3. The number of β-amino-alcohol motifs (C(OH)–C–C–N with tert-alkyl or cyclic N) is 1. The van der Waals surface area contributed by atoms with E-state index in [9.17, 15) is 23.1 Å². The number of nitrogens with zero attached hydrogens (tertiary/aromatic N) is 4. The SMILES string of the molecule is Cc1nn(-c2cccc(OC(F)(F)F)c2)c(C)c1C(=O)N1CCC(N2C[C@@H](C)[C@H](O)C2)CC1. The average molecular weight is 467 g/mol. The van der Waals surface area contributed by atoms with Crippen LogP contribution in [0.2, 0.25) is 0 Å². The Labute approximate surface area is 190 Å². The van der Waals surface area contributed by atoms with E-state index in [0.717, 1.165) is 19.4 Å². The standard InChI is InChI=1S/C23H29F3N4O3/c1-14-12-29(13-20(14)31)17-7-9-28(10-8-17)22(32)21-15(2)27-30(16(21)3)18-5-4-6-19(11-18)33-23(24,25)26/h4-6,11,14,17,20,31H,7-10,12-13H2,1-3H3/t14-,20-/m1/s1. The lowest BCUT2D eigenvalue weighted by atomic mass is 10.0. The van der Waals surface area contributed by atoms with Crippen molar-refractivity contribution in [2.24, 2.45) is 5.92 Å². The third-order valence-electron chi connectivity index (χ3n) is 6.67. The quantitative estimate of drug-likeness (QED) is 0.749. The largest absolute Gasteiger partial charge is 0.573 e. The van der Waals surface area contributed by atoms with Crippen molar-refractivity contribution in [2.45, 2.75) is 52.1 Å². The molecule has 0 bridgehead atoms. The van der Waals surface area contributed by atoms with Crippen LogP contribution < -0.4 is 4.74 Å². The molecule has 1 amide bonds. The molecule has 33 heavy (non-hydrogen) atoms. The molecule has 4 rings (SSSR count). The summed E-state index contributed by atoms with van der Waals surface area (Å²) in [6.07, 6.45) is -3.39. The minimum absolute atomic E-state index is 0.118. The number of ether oxygens (including phenoxy) is 1. The Morgan fingerprint density at radius 2 is 1.88 bits per heavy atom. The van der Waals surface area contributed by atoms with Crippen LogP contribution in [0, 0.1) is 19.8 Å². The molecule has 0 aliphatic carbocycles. The maximum Gasteiger partial charge on any atom is 0.573 e. The Bertz CT molecular complexity index is 1000. The summed E-state index contributed by atoms with van der Waals surface area (Å²) in [5.41, 5.74) is 1.95. The van der Waals surface area contributed by atoms with Crippen LogP contribution in [0.3, 0.4) is 0 Å². The van der Waals surface area contributed by atoms with Crippen molar-refractivity contribution in [3.05, 3.63) is 41.2 Å². The average Bonchev–Trinajstić information content (AvgIpc) is 3.24. The molecule has 1 N–H and O–H groups in total. The summed E-state index contributed by atoms with van der Waals surface area (Å²) in [7, 11) is 0.